The third kappa shape index (κ3) is 3.97. The molecule has 1 heterocycles. The van der Waals surface area contributed by atoms with E-state index in [4.69, 9.17) is 14.2 Å². The normalized spacial score (nSPS) is 12.6. The molecule has 3 aromatic carbocycles. The van der Waals surface area contributed by atoms with Crippen LogP contribution < -0.4 is 14.8 Å². The van der Waals surface area contributed by atoms with Crippen molar-refractivity contribution in [3.05, 3.63) is 89.2 Å². The molecule has 0 radical (unpaired) electrons. The summed E-state index contributed by atoms with van der Waals surface area (Å²) < 4.78 is 30.5. The zero-order valence-electron chi connectivity index (χ0n) is 15.0. The summed E-state index contributed by atoms with van der Waals surface area (Å²) in [5.41, 5.74) is 2.28. The number of carbonyl (C=O) groups is 1. The minimum Gasteiger partial charge on any atom is -0.488 e. The quantitative estimate of drug-likeness (QED) is 0.708. The molecule has 0 unspecified atom stereocenters. The van der Waals surface area contributed by atoms with E-state index < -0.39 is 0 Å². The Morgan fingerprint density at radius 1 is 1.07 bits per heavy atom. The van der Waals surface area contributed by atoms with Crippen molar-refractivity contribution >= 4 is 11.6 Å². The number of para-hydroxylation sites is 2. The van der Waals surface area contributed by atoms with Gasteiger partial charge in [-0.1, -0.05) is 30.3 Å². The van der Waals surface area contributed by atoms with E-state index in [1.165, 1.54) is 12.1 Å². The van der Waals surface area contributed by atoms with E-state index in [9.17, 15) is 9.18 Å². The van der Waals surface area contributed by atoms with Crippen molar-refractivity contribution in [1.82, 2.24) is 0 Å². The van der Waals surface area contributed by atoms with Gasteiger partial charge in [-0.3, -0.25) is 4.79 Å². The molecule has 3 aromatic rings. The molecule has 0 fully saturated rings. The lowest BCUT2D eigenvalue weighted by Gasteiger charge is -2.21. The minimum atomic E-state index is -0.387. The molecular formula is C22H18FNO4. The smallest absolute Gasteiger partial charge is 0.259 e. The van der Waals surface area contributed by atoms with E-state index in [1.807, 2.05) is 18.2 Å². The van der Waals surface area contributed by atoms with Crippen LogP contribution in [0.15, 0.2) is 66.7 Å². The van der Waals surface area contributed by atoms with Crippen LogP contribution in [0.3, 0.4) is 0 Å². The first-order valence-electron chi connectivity index (χ1n) is 8.81. The van der Waals surface area contributed by atoms with Crippen LogP contribution in [0.1, 0.15) is 21.5 Å². The van der Waals surface area contributed by atoms with Crippen LogP contribution in [0.5, 0.6) is 11.5 Å². The molecule has 5 nitrogen and oxygen atoms in total. The second-order valence-electron chi connectivity index (χ2n) is 6.27. The molecule has 0 aliphatic carbocycles. The van der Waals surface area contributed by atoms with Gasteiger partial charge in [0, 0.05) is 16.8 Å². The number of anilines is 1. The number of benzene rings is 3. The number of amides is 1. The van der Waals surface area contributed by atoms with E-state index in [1.54, 1.807) is 36.4 Å². The summed E-state index contributed by atoms with van der Waals surface area (Å²) in [7, 11) is 0. The zero-order valence-corrected chi connectivity index (χ0v) is 15.0. The Kier molecular flexibility index (Phi) is 5.21. The van der Waals surface area contributed by atoms with Crippen molar-refractivity contribution < 1.29 is 23.4 Å². The first-order valence-corrected chi connectivity index (χ1v) is 8.81. The fourth-order valence-electron chi connectivity index (χ4n) is 3.02. The maximum atomic E-state index is 13.9. The molecule has 6 heteroatoms. The highest BCUT2D eigenvalue weighted by Crippen LogP contribution is 2.31. The zero-order chi connectivity index (χ0) is 19.3. The number of halogens is 1. The molecule has 0 aromatic heterocycles. The fourth-order valence-corrected chi connectivity index (χ4v) is 3.02. The van der Waals surface area contributed by atoms with Gasteiger partial charge < -0.3 is 19.5 Å². The topological polar surface area (TPSA) is 56.8 Å². The second kappa shape index (κ2) is 8.10. The Hall–Kier alpha value is -3.38. The molecule has 142 valence electrons. The SMILES string of the molecule is O=C(Nc1ccccc1)c1ccccc1OCc1cc(F)cc2c1OCOC2. The molecule has 1 N–H and O–H groups in total. The van der Waals surface area contributed by atoms with Crippen molar-refractivity contribution in [2.75, 3.05) is 12.1 Å². The Morgan fingerprint density at radius 2 is 1.86 bits per heavy atom. The summed E-state index contributed by atoms with van der Waals surface area (Å²) >= 11 is 0. The fraction of sp³-hybridized carbons (Fsp3) is 0.136. The van der Waals surface area contributed by atoms with Gasteiger partial charge in [-0.15, -0.1) is 0 Å². The van der Waals surface area contributed by atoms with Gasteiger partial charge in [0.2, 0.25) is 0 Å². The van der Waals surface area contributed by atoms with Gasteiger partial charge in [-0.05, 0) is 36.4 Å². The van der Waals surface area contributed by atoms with Crippen LogP contribution in [-0.4, -0.2) is 12.7 Å². The van der Waals surface area contributed by atoms with Gasteiger partial charge in [-0.25, -0.2) is 4.39 Å². The predicted octanol–water partition coefficient (Wildman–Crippen LogP) is 4.52. The van der Waals surface area contributed by atoms with E-state index >= 15 is 0 Å². The van der Waals surface area contributed by atoms with Gasteiger partial charge >= 0.3 is 0 Å². The summed E-state index contributed by atoms with van der Waals surface area (Å²) in [6.07, 6.45) is 0. The lowest BCUT2D eigenvalue weighted by Crippen LogP contribution is -2.15. The highest BCUT2D eigenvalue weighted by Gasteiger charge is 2.18. The van der Waals surface area contributed by atoms with Crippen LogP contribution in [0, 0.1) is 5.82 Å². The molecular weight excluding hydrogens is 361 g/mol. The monoisotopic (exact) mass is 379 g/mol. The average Bonchev–Trinajstić information content (AvgIpc) is 2.73. The van der Waals surface area contributed by atoms with Gasteiger partial charge in [0.05, 0.1) is 12.2 Å². The molecule has 1 aliphatic rings. The lowest BCUT2D eigenvalue weighted by atomic mass is 10.1. The summed E-state index contributed by atoms with van der Waals surface area (Å²) in [4.78, 5) is 12.6. The number of ether oxygens (including phenoxy) is 3. The Morgan fingerprint density at radius 3 is 2.71 bits per heavy atom. The summed E-state index contributed by atoms with van der Waals surface area (Å²) in [5.74, 6) is 0.300. The number of fused-ring (bicyclic) bond motifs is 1. The maximum Gasteiger partial charge on any atom is 0.259 e. The average molecular weight is 379 g/mol. The maximum absolute atomic E-state index is 13.9. The van der Waals surface area contributed by atoms with E-state index in [0.717, 1.165) is 0 Å². The van der Waals surface area contributed by atoms with Crippen LogP contribution >= 0.6 is 0 Å². The van der Waals surface area contributed by atoms with Crippen molar-refractivity contribution in [1.29, 1.82) is 0 Å². The molecule has 1 amide bonds. The van der Waals surface area contributed by atoms with Crippen LogP contribution in [0.2, 0.25) is 0 Å². The molecule has 0 saturated carbocycles. The molecule has 1 aliphatic heterocycles. The number of hydrogen-bond acceptors (Lipinski definition) is 4. The first-order chi connectivity index (χ1) is 13.7. The Labute approximate surface area is 161 Å². The Bertz CT molecular complexity index is 991. The highest BCUT2D eigenvalue weighted by molar-refractivity contribution is 6.06. The van der Waals surface area contributed by atoms with Gasteiger partial charge in [0.15, 0.2) is 6.79 Å². The van der Waals surface area contributed by atoms with Crippen LogP contribution in [0.4, 0.5) is 10.1 Å². The first kappa shape index (κ1) is 18.0. The van der Waals surface area contributed by atoms with Gasteiger partial charge in [-0.2, -0.15) is 0 Å². The van der Waals surface area contributed by atoms with Crippen molar-refractivity contribution in [3.8, 4) is 11.5 Å². The van der Waals surface area contributed by atoms with Gasteiger partial charge in [0.1, 0.15) is 23.9 Å². The van der Waals surface area contributed by atoms with Crippen LogP contribution in [0.25, 0.3) is 0 Å². The second-order valence-corrected chi connectivity index (χ2v) is 6.27. The summed E-state index contributed by atoms with van der Waals surface area (Å²) in [6.45, 7) is 0.466. The third-order valence-electron chi connectivity index (χ3n) is 4.30. The van der Waals surface area contributed by atoms with E-state index in [2.05, 4.69) is 5.32 Å². The number of rotatable bonds is 5. The highest BCUT2D eigenvalue weighted by atomic mass is 19.1. The van der Waals surface area contributed by atoms with E-state index in [0.29, 0.717) is 33.9 Å². The number of nitrogens with one attached hydrogen (secondary N) is 1. The van der Waals surface area contributed by atoms with Crippen molar-refractivity contribution in [2.45, 2.75) is 13.2 Å². The van der Waals surface area contributed by atoms with E-state index in [-0.39, 0.29) is 31.7 Å². The molecule has 4 rings (SSSR count). The summed E-state index contributed by atoms with van der Waals surface area (Å²) in [6, 6.07) is 18.9. The Balaban J connectivity index is 1.54. The molecule has 0 saturated heterocycles. The largest absolute Gasteiger partial charge is 0.488 e. The van der Waals surface area contributed by atoms with Crippen molar-refractivity contribution in [2.24, 2.45) is 0 Å². The predicted molar refractivity (Wildman–Crippen MR) is 102 cm³/mol. The van der Waals surface area contributed by atoms with Crippen LogP contribution in [-0.2, 0) is 18.0 Å². The molecule has 28 heavy (non-hydrogen) atoms. The molecule has 0 bridgehead atoms. The molecule has 0 spiro atoms. The lowest BCUT2D eigenvalue weighted by molar-refractivity contribution is -0.0178. The summed E-state index contributed by atoms with van der Waals surface area (Å²) in [5, 5.41) is 2.84. The number of carbonyl (C=O) groups excluding carboxylic acids is 1. The van der Waals surface area contributed by atoms with Crippen molar-refractivity contribution in [3.63, 3.8) is 0 Å². The number of hydrogen-bond donors (Lipinski definition) is 1. The molecule has 0 atom stereocenters. The standard InChI is InChI=1S/C22H18FNO4/c23-17-10-15-12-26-14-28-21(15)16(11-17)13-27-20-9-5-4-8-19(20)22(25)24-18-6-2-1-3-7-18/h1-11H,12-14H2,(H,24,25). The minimum absolute atomic E-state index is 0.0652. The third-order valence-corrected chi connectivity index (χ3v) is 4.30. The van der Waals surface area contributed by atoms with Gasteiger partial charge in [0.25, 0.3) is 5.91 Å².